The van der Waals surface area contributed by atoms with Crippen LogP contribution in [0.4, 0.5) is 17.6 Å². The second-order valence-corrected chi connectivity index (χ2v) is 8.60. The fraction of sp³-hybridized carbons (Fsp3) is 0.524. The molecule has 1 aromatic heterocycles. The van der Waals surface area contributed by atoms with Crippen LogP contribution in [0.5, 0.6) is 0 Å². The third-order valence-corrected chi connectivity index (χ3v) is 6.15. The van der Waals surface area contributed by atoms with Gasteiger partial charge in [0.25, 0.3) is 0 Å². The molecule has 0 bridgehead atoms. The summed E-state index contributed by atoms with van der Waals surface area (Å²) in [4.78, 5) is 16.7. The Bertz CT molecular complexity index is 954. The number of hydrogen-bond acceptors (Lipinski definition) is 4. The van der Waals surface area contributed by atoms with Crippen LogP contribution >= 0.6 is 11.6 Å². The maximum absolute atomic E-state index is 13.7. The summed E-state index contributed by atoms with van der Waals surface area (Å²) < 4.78 is 61.3. The molecule has 4 rings (SSSR count). The van der Waals surface area contributed by atoms with Crippen molar-refractivity contribution in [3.05, 3.63) is 41.6 Å². The molecule has 6 nitrogen and oxygen atoms in total. The molecule has 1 saturated heterocycles. The molecule has 2 atom stereocenters. The van der Waals surface area contributed by atoms with Gasteiger partial charge in [0, 0.05) is 17.8 Å². The lowest BCUT2D eigenvalue weighted by molar-refractivity contribution is -0.330. The van der Waals surface area contributed by atoms with E-state index in [9.17, 15) is 22.4 Å². The summed E-state index contributed by atoms with van der Waals surface area (Å²) in [5, 5.41) is 2.88. The number of carbonyl (C=O) groups excluding carboxylic acids is 1. The average Bonchev–Trinajstić information content (AvgIpc) is 3.21. The van der Waals surface area contributed by atoms with Crippen LogP contribution < -0.4 is 5.32 Å². The Hall–Kier alpha value is -2.17. The maximum atomic E-state index is 13.7. The van der Waals surface area contributed by atoms with Crippen LogP contribution in [-0.4, -0.2) is 47.2 Å². The van der Waals surface area contributed by atoms with Crippen molar-refractivity contribution in [2.45, 2.75) is 50.2 Å². The van der Waals surface area contributed by atoms with Crippen LogP contribution in [0.15, 0.2) is 30.7 Å². The maximum Gasteiger partial charge on any atom is 0.522 e. The molecule has 2 fully saturated rings. The van der Waals surface area contributed by atoms with Gasteiger partial charge in [-0.25, -0.2) is 9.37 Å². The van der Waals surface area contributed by atoms with E-state index in [0.717, 1.165) is 0 Å². The molecule has 1 aromatic carbocycles. The van der Waals surface area contributed by atoms with E-state index in [4.69, 9.17) is 16.3 Å². The van der Waals surface area contributed by atoms with Gasteiger partial charge < -0.3 is 14.6 Å². The highest BCUT2D eigenvalue weighted by Crippen LogP contribution is 2.31. The molecule has 2 aliphatic rings. The Morgan fingerprint density at radius 1 is 1.31 bits per heavy atom. The minimum atomic E-state index is -4.62. The lowest BCUT2D eigenvalue weighted by Gasteiger charge is -2.37. The molecule has 0 radical (unpaired) electrons. The van der Waals surface area contributed by atoms with Gasteiger partial charge in [-0.1, -0.05) is 17.7 Å². The molecule has 2 aromatic rings. The standard InChI is InChI=1S/C21H22ClF4N3O3/c22-16-3-1-13(7-17(16)23)18-8-29(11-27-18)15-2-4-19(31-10-15)20(30)28-14-5-12(6-14)9-32-21(24,25)26/h1,3,7-8,11-12,14-15,19H,2,4-6,9-10H2,(H,28,30)/t12-,14+,15-,19+/m0/s1. The van der Waals surface area contributed by atoms with Gasteiger partial charge in [0.05, 0.1) is 36.3 Å². The van der Waals surface area contributed by atoms with Crippen molar-refractivity contribution in [2.24, 2.45) is 5.92 Å². The second-order valence-electron chi connectivity index (χ2n) is 8.19. The van der Waals surface area contributed by atoms with Crippen molar-refractivity contribution >= 4 is 17.5 Å². The zero-order valence-corrected chi connectivity index (χ0v) is 17.7. The molecule has 1 aliphatic heterocycles. The third-order valence-electron chi connectivity index (χ3n) is 5.85. The van der Waals surface area contributed by atoms with E-state index in [1.54, 1.807) is 18.6 Å². The van der Waals surface area contributed by atoms with E-state index in [1.807, 2.05) is 4.57 Å². The van der Waals surface area contributed by atoms with Gasteiger partial charge in [-0.05, 0) is 43.7 Å². The normalized spacial score (nSPS) is 25.9. The van der Waals surface area contributed by atoms with Crippen molar-refractivity contribution in [1.29, 1.82) is 0 Å². The van der Waals surface area contributed by atoms with E-state index in [1.165, 1.54) is 12.1 Å². The fourth-order valence-corrected chi connectivity index (χ4v) is 4.13. The van der Waals surface area contributed by atoms with Crippen molar-refractivity contribution in [3.8, 4) is 11.3 Å². The topological polar surface area (TPSA) is 65.4 Å². The number of nitrogens with one attached hydrogen (secondary N) is 1. The van der Waals surface area contributed by atoms with E-state index < -0.39 is 18.3 Å². The number of rotatable bonds is 6. The lowest BCUT2D eigenvalue weighted by atomic mass is 9.80. The summed E-state index contributed by atoms with van der Waals surface area (Å²) in [5.41, 5.74) is 1.22. The number of amides is 1. The smallest absolute Gasteiger partial charge is 0.366 e. The number of alkyl halides is 3. The Morgan fingerprint density at radius 3 is 2.75 bits per heavy atom. The van der Waals surface area contributed by atoms with E-state index in [2.05, 4.69) is 15.0 Å². The first-order chi connectivity index (χ1) is 15.2. The molecule has 11 heteroatoms. The van der Waals surface area contributed by atoms with Gasteiger partial charge in [0.2, 0.25) is 5.91 Å². The van der Waals surface area contributed by atoms with Crippen molar-refractivity contribution < 1.29 is 31.8 Å². The Morgan fingerprint density at radius 2 is 2.09 bits per heavy atom. The molecular weight excluding hydrogens is 454 g/mol. The molecule has 2 heterocycles. The van der Waals surface area contributed by atoms with Gasteiger partial charge in [-0.3, -0.25) is 9.53 Å². The molecule has 0 unspecified atom stereocenters. The summed E-state index contributed by atoms with van der Waals surface area (Å²) in [6.45, 7) is -0.0669. The van der Waals surface area contributed by atoms with Gasteiger partial charge in [-0.2, -0.15) is 0 Å². The van der Waals surface area contributed by atoms with Gasteiger partial charge in [0.1, 0.15) is 11.9 Å². The van der Waals surface area contributed by atoms with Crippen LogP contribution in [0.2, 0.25) is 5.02 Å². The molecule has 1 aliphatic carbocycles. The molecule has 1 amide bonds. The number of ether oxygens (including phenoxy) is 2. The van der Waals surface area contributed by atoms with Crippen LogP contribution in [0.1, 0.15) is 31.7 Å². The summed E-state index contributed by atoms with van der Waals surface area (Å²) in [7, 11) is 0. The molecule has 32 heavy (non-hydrogen) atoms. The van der Waals surface area contributed by atoms with Gasteiger partial charge in [0.15, 0.2) is 0 Å². The Balaban J connectivity index is 1.22. The highest BCUT2D eigenvalue weighted by atomic mass is 35.5. The summed E-state index contributed by atoms with van der Waals surface area (Å²) >= 11 is 5.72. The molecular formula is C21H22ClF4N3O3. The average molecular weight is 476 g/mol. The SMILES string of the molecule is O=C(N[C@H]1C[C@@H](COC(F)(F)F)C1)[C@H]1CC[C@H](n2cnc(-c3ccc(Cl)c(F)c3)c2)CO1. The number of halogens is 5. The first-order valence-corrected chi connectivity index (χ1v) is 10.7. The molecule has 1 N–H and O–H groups in total. The van der Waals surface area contributed by atoms with E-state index in [0.29, 0.717) is 43.5 Å². The molecule has 1 saturated carbocycles. The van der Waals surface area contributed by atoms with Crippen molar-refractivity contribution in [1.82, 2.24) is 14.9 Å². The summed E-state index contributed by atoms with van der Waals surface area (Å²) in [6, 6.07) is 4.33. The summed E-state index contributed by atoms with van der Waals surface area (Å²) in [5.74, 6) is -0.964. The van der Waals surface area contributed by atoms with Gasteiger partial charge in [-0.15, -0.1) is 13.2 Å². The van der Waals surface area contributed by atoms with Crippen LogP contribution in [0.3, 0.4) is 0 Å². The van der Waals surface area contributed by atoms with Crippen LogP contribution in [0.25, 0.3) is 11.3 Å². The second kappa shape index (κ2) is 9.36. The number of aromatic nitrogens is 2. The Kier molecular flexibility index (Phi) is 6.73. The minimum absolute atomic E-state index is 0.00922. The first kappa shape index (κ1) is 23.0. The minimum Gasteiger partial charge on any atom is -0.366 e. The molecule has 174 valence electrons. The summed E-state index contributed by atoms with van der Waals surface area (Å²) in [6.07, 6.45) is 0.345. The van der Waals surface area contributed by atoms with Crippen LogP contribution in [0, 0.1) is 11.7 Å². The lowest BCUT2D eigenvalue weighted by Crippen LogP contribution is -2.50. The number of imidazole rings is 1. The number of carbonyl (C=O) groups is 1. The predicted molar refractivity (Wildman–Crippen MR) is 107 cm³/mol. The van der Waals surface area contributed by atoms with E-state index >= 15 is 0 Å². The monoisotopic (exact) mass is 475 g/mol. The largest absolute Gasteiger partial charge is 0.522 e. The molecule has 0 spiro atoms. The number of hydrogen-bond donors (Lipinski definition) is 1. The zero-order valence-electron chi connectivity index (χ0n) is 16.9. The van der Waals surface area contributed by atoms with Crippen LogP contribution in [-0.2, 0) is 14.3 Å². The first-order valence-electron chi connectivity index (χ1n) is 10.3. The quantitative estimate of drug-likeness (QED) is 0.625. The fourth-order valence-electron chi connectivity index (χ4n) is 4.02. The van der Waals surface area contributed by atoms with Crippen molar-refractivity contribution in [2.75, 3.05) is 13.2 Å². The highest BCUT2D eigenvalue weighted by Gasteiger charge is 2.37. The predicted octanol–water partition coefficient (Wildman–Crippen LogP) is 4.49. The van der Waals surface area contributed by atoms with Crippen molar-refractivity contribution in [3.63, 3.8) is 0 Å². The van der Waals surface area contributed by atoms with Gasteiger partial charge >= 0.3 is 6.36 Å². The van der Waals surface area contributed by atoms with E-state index in [-0.39, 0.29) is 35.5 Å². The zero-order chi connectivity index (χ0) is 22.9. The number of nitrogens with zero attached hydrogens (tertiary/aromatic N) is 2. The third kappa shape index (κ3) is 5.60. The number of benzene rings is 1. The highest BCUT2D eigenvalue weighted by molar-refractivity contribution is 6.30. The Labute approximate surface area is 186 Å².